The number of rotatable bonds is 5. The molecule has 2 rings (SSSR count). The van der Waals surface area contributed by atoms with Crippen LogP contribution in [0.2, 0.25) is 0 Å². The standard InChI is InChI=1S/C14H15NO5/c1-8(17)13(10(18)7-16)15-14(19)12-6-9-4-2-3-5-11(9)20-12/h2-6,8,13,16-17H,7H2,1H3,(H,15,19)/t8-,13+/m1/s1. The molecule has 2 aromatic rings. The van der Waals surface area contributed by atoms with E-state index in [4.69, 9.17) is 9.52 Å². The van der Waals surface area contributed by atoms with E-state index in [1.54, 1.807) is 24.3 Å². The topological polar surface area (TPSA) is 99.8 Å². The fourth-order valence-corrected chi connectivity index (χ4v) is 1.87. The largest absolute Gasteiger partial charge is 0.451 e. The Labute approximate surface area is 115 Å². The summed E-state index contributed by atoms with van der Waals surface area (Å²) < 4.78 is 5.36. The number of aliphatic hydroxyl groups excluding tert-OH is 2. The first-order chi connectivity index (χ1) is 9.52. The molecule has 1 heterocycles. The summed E-state index contributed by atoms with van der Waals surface area (Å²) in [7, 11) is 0. The third-order valence-corrected chi connectivity index (χ3v) is 2.92. The number of fused-ring (bicyclic) bond motifs is 1. The van der Waals surface area contributed by atoms with E-state index in [0.717, 1.165) is 5.39 Å². The fourth-order valence-electron chi connectivity index (χ4n) is 1.87. The quantitative estimate of drug-likeness (QED) is 0.738. The fraction of sp³-hybridized carbons (Fsp3) is 0.286. The predicted molar refractivity (Wildman–Crippen MR) is 71.2 cm³/mol. The first-order valence-corrected chi connectivity index (χ1v) is 6.14. The lowest BCUT2D eigenvalue weighted by molar-refractivity contribution is -0.125. The van der Waals surface area contributed by atoms with Crippen molar-refractivity contribution in [3.63, 3.8) is 0 Å². The minimum atomic E-state index is -1.17. The molecular formula is C14H15NO5. The van der Waals surface area contributed by atoms with Gasteiger partial charge < -0.3 is 19.9 Å². The van der Waals surface area contributed by atoms with Crippen molar-refractivity contribution in [1.29, 1.82) is 0 Å². The number of carbonyl (C=O) groups is 2. The zero-order chi connectivity index (χ0) is 14.7. The van der Waals surface area contributed by atoms with Crippen LogP contribution in [0.4, 0.5) is 0 Å². The highest BCUT2D eigenvalue weighted by Gasteiger charge is 2.26. The molecule has 1 amide bonds. The van der Waals surface area contributed by atoms with E-state index in [1.807, 2.05) is 6.07 Å². The van der Waals surface area contributed by atoms with Crippen molar-refractivity contribution < 1.29 is 24.2 Å². The maximum Gasteiger partial charge on any atom is 0.287 e. The van der Waals surface area contributed by atoms with Gasteiger partial charge in [-0.25, -0.2) is 0 Å². The zero-order valence-electron chi connectivity index (χ0n) is 10.9. The molecule has 0 spiro atoms. The normalized spacial score (nSPS) is 13.9. The van der Waals surface area contributed by atoms with E-state index in [-0.39, 0.29) is 5.76 Å². The van der Waals surface area contributed by atoms with Gasteiger partial charge in [-0.15, -0.1) is 0 Å². The second kappa shape index (κ2) is 5.85. The number of furan rings is 1. The van der Waals surface area contributed by atoms with Gasteiger partial charge in [-0.3, -0.25) is 9.59 Å². The third-order valence-electron chi connectivity index (χ3n) is 2.92. The Balaban J connectivity index is 2.20. The van der Waals surface area contributed by atoms with Gasteiger partial charge in [-0.2, -0.15) is 0 Å². The smallest absolute Gasteiger partial charge is 0.287 e. The van der Waals surface area contributed by atoms with E-state index in [1.165, 1.54) is 6.92 Å². The van der Waals surface area contributed by atoms with Gasteiger partial charge in [-0.1, -0.05) is 18.2 Å². The molecule has 6 heteroatoms. The molecule has 0 fully saturated rings. The van der Waals surface area contributed by atoms with Crippen LogP contribution in [-0.4, -0.2) is 40.7 Å². The number of ketones is 1. The van der Waals surface area contributed by atoms with Crippen molar-refractivity contribution >= 4 is 22.7 Å². The Kier molecular flexibility index (Phi) is 4.16. The summed E-state index contributed by atoms with van der Waals surface area (Å²) in [6.07, 6.45) is -1.11. The first kappa shape index (κ1) is 14.2. The van der Waals surface area contributed by atoms with Crippen LogP contribution in [0, 0.1) is 0 Å². The van der Waals surface area contributed by atoms with Gasteiger partial charge in [0.2, 0.25) is 0 Å². The van der Waals surface area contributed by atoms with Gasteiger partial charge >= 0.3 is 0 Å². The van der Waals surface area contributed by atoms with Gasteiger partial charge in [0.1, 0.15) is 18.2 Å². The second-order valence-electron chi connectivity index (χ2n) is 4.46. The molecule has 0 aliphatic carbocycles. The number of para-hydroxylation sites is 1. The van der Waals surface area contributed by atoms with E-state index >= 15 is 0 Å². The molecule has 0 saturated carbocycles. The van der Waals surface area contributed by atoms with Gasteiger partial charge in [0.05, 0.1) is 6.10 Å². The maximum atomic E-state index is 12.0. The van der Waals surface area contributed by atoms with Gasteiger partial charge in [0, 0.05) is 5.39 Å². The van der Waals surface area contributed by atoms with Crippen molar-refractivity contribution in [2.75, 3.05) is 6.61 Å². The lowest BCUT2D eigenvalue weighted by Crippen LogP contribution is -2.48. The maximum absolute atomic E-state index is 12.0. The summed E-state index contributed by atoms with van der Waals surface area (Å²) in [4.78, 5) is 23.4. The number of nitrogens with one attached hydrogen (secondary N) is 1. The predicted octanol–water partition coefficient (Wildman–Crippen LogP) is 0.473. The van der Waals surface area contributed by atoms with Crippen LogP contribution < -0.4 is 5.32 Å². The molecule has 0 aliphatic heterocycles. The lowest BCUT2D eigenvalue weighted by atomic mass is 10.1. The number of amides is 1. The van der Waals surface area contributed by atoms with Crippen molar-refractivity contribution in [2.24, 2.45) is 0 Å². The number of hydrogen-bond donors (Lipinski definition) is 3. The number of hydrogen-bond acceptors (Lipinski definition) is 5. The summed E-state index contributed by atoms with van der Waals surface area (Å²) >= 11 is 0. The molecule has 0 saturated heterocycles. The van der Waals surface area contributed by atoms with Gasteiger partial charge in [0.25, 0.3) is 5.91 Å². The molecule has 6 nitrogen and oxygen atoms in total. The van der Waals surface area contributed by atoms with Crippen molar-refractivity contribution in [3.8, 4) is 0 Å². The minimum absolute atomic E-state index is 0.0441. The Hall–Kier alpha value is -2.18. The highest BCUT2D eigenvalue weighted by Crippen LogP contribution is 2.18. The van der Waals surface area contributed by atoms with Crippen molar-refractivity contribution in [3.05, 3.63) is 36.1 Å². The van der Waals surface area contributed by atoms with Crippen LogP contribution in [0.5, 0.6) is 0 Å². The summed E-state index contributed by atoms with van der Waals surface area (Å²) in [5.41, 5.74) is 0.555. The van der Waals surface area contributed by atoms with Crippen LogP contribution in [0.15, 0.2) is 34.7 Å². The van der Waals surface area contributed by atoms with Gasteiger partial charge in [-0.05, 0) is 19.1 Å². The summed E-state index contributed by atoms with van der Waals surface area (Å²) in [6.45, 7) is 0.604. The highest BCUT2D eigenvalue weighted by atomic mass is 16.3. The van der Waals surface area contributed by atoms with E-state index in [0.29, 0.717) is 5.58 Å². The Bertz CT molecular complexity index is 598. The molecule has 2 atom stereocenters. The minimum Gasteiger partial charge on any atom is -0.451 e. The van der Waals surface area contributed by atoms with Crippen LogP contribution in [0.1, 0.15) is 17.5 Å². The van der Waals surface area contributed by atoms with Crippen LogP contribution in [-0.2, 0) is 4.79 Å². The number of aliphatic hydroxyl groups is 2. The molecule has 0 radical (unpaired) electrons. The lowest BCUT2D eigenvalue weighted by Gasteiger charge is -2.18. The molecule has 1 aromatic heterocycles. The molecule has 106 valence electrons. The monoisotopic (exact) mass is 277 g/mol. The van der Waals surface area contributed by atoms with Crippen molar-refractivity contribution in [2.45, 2.75) is 19.1 Å². The SMILES string of the molecule is C[C@@H](O)[C@H](NC(=O)c1cc2ccccc2o1)C(=O)CO. The number of carbonyl (C=O) groups excluding carboxylic acids is 2. The van der Waals surface area contributed by atoms with Crippen LogP contribution >= 0.6 is 0 Å². The summed E-state index contributed by atoms with van der Waals surface area (Å²) in [5, 5.41) is 21.4. The molecule has 1 aromatic carbocycles. The van der Waals surface area contributed by atoms with Gasteiger partial charge in [0.15, 0.2) is 11.5 Å². The Morgan fingerprint density at radius 3 is 2.65 bits per heavy atom. The second-order valence-corrected chi connectivity index (χ2v) is 4.46. The molecule has 0 aliphatic rings. The molecule has 0 bridgehead atoms. The van der Waals surface area contributed by atoms with Crippen LogP contribution in [0.25, 0.3) is 11.0 Å². The van der Waals surface area contributed by atoms with Crippen LogP contribution in [0.3, 0.4) is 0 Å². The molecule has 0 unspecified atom stereocenters. The first-order valence-electron chi connectivity index (χ1n) is 6.14. The Morgan fingerprint density at radius 1 is 1.35 bits per heavy atom. The number of Topliss-reactive ketones (excluding diaryl/α,β-unsaturated/α-hetero) is 1. The van der Waals surface area contributed by atoms with Crippen molar-refractivity contribution in [1.82, 2.24) is 5.32 Å². The highest BCUT2D eigenvalue weighted by molar-refractivity contribution is 5.99. The Morgan fingerprint density at radius 2 is 2.05 bits per heavy atom. The third kappa shape index (κ3) is 2.87. The zero-order valence-corrected chi connectivity index (χ0v) is 10.9. The molecule has 3 N–H and O–H groups in total. The average molecular weight is 277 g/mol. The average Bonchev–Trinajstić information content (AvgIpc) is 2.87. The van der Waals surface area contributed by atoms with E-state index in [9.17, 15) is 14.7 Å². The number of benzene rings is 1. The van der Waals surface area contributed by atoms with E-state index in [2.05, 4.69) is 5.32 Å². The molecule has 20 heavy (non-hydrogen) atoms. The molecular weight excluding hydrogens is 262 g/mol. The van der Waals surface area contributed by atoms with E-state index < -0.39 is 30.4 Å². The summed E-state index contributed by atoms with van der Waals surface area (Å²) in [6, 6.07) is 7.49. The summed E-state index contributed by atoms with van der Waals surface area (Å²) in [5.74, 6) is -1.24.